The van der Waals surface area contributed by atoms with Gasteiger partial charge in [-0.15, -0.1) is 0 Å². The van der Waals surface area contributed by atoms with E-state index in [1.54, 1.807) is 0 Å². The first-order valence-corrected chi connectivity index (χ1v) is 6.30. The zero-order valence-corrected chi connectivity index (χ0v) is 11.3. The van der Waals surface area contributed by atoms with E-state index in [0.717, 1.165) is 9.74 Å². The zero-order chi connectivity index (χ0) is 9.07. The quantitative estimate of drug-likeness (QED) is 0.322. The van der Waals surface area contributed by atoms with Crippen LogP contribution in [0.4, 0.5) is 0 Å². The van der Waals surface area contributed by atoms with Crippen LogP contribution in [-0.4, -0.2) is 10.8 Å². The fourth-order valence-electron chi connectivity index (χ4n) is 1.50. The van der Waals surface area contributed by atoms with Crippen molar-refractivity contribution in [3.05, 3.63) is 0 Å². The Morgan fingerprint density at radius 1 is 1.45 bits per heavy atom. The second-order valence-corrected chi connectivity index (χ2v) is 6.26. The highest BCUT2D eigenvalue weighted by molar-refractivity contribution is 14.1. The van der Waals surface area contributed by atoms with Gasteiger partial charge in [-0.05, 0) is 21.6 Å². The van der Waals surface area contributed by atoms with Crippen molar-refractivity contribution in [2.45, 2.75) is 37.9 Å². The van der Waals surface area contributed by atoms with Gasteiger partial charge in [-0.25, -0.2) is 0 Å². The van der Waals surface area contributed by atoms with Gasteiger partial charge in [0.15, 0.2) is 7.00 Å². The second-order valence-electron chi connectivity index (χ2n) is 4.29. The van der Waals surface area contributed by atoms with Gasteiger partial charge in [-0.3, -0.25) is 0 Å². The molecule has 0 aliphatic rings. The molecule has 0 radical (unpaired) electrons. The van der Waals surface area contributed by atoms with E-state index in [-0.39, 0.29) is 0 Å². The van der Waals surface area contributed by atoms with E-state index in [2.05, 4.69) is 59.4 Å². The summed E-state index contributed by atoms with van der Waals surface area (Å²) in [7, 11) is 2.84. The lowest BCUT2D eigenvalue weighted by Crippen LogP contribution is -2.28. The molecule has 0 aliphatic heterocycles. The molecule has 0 aromatic carbocycles. The van der Waals surface area contributed by atoms with E-state index in [1.165, 1.54) is 13.4 Å². The molecule has 0 N–H and O–H groups in total. The highest BCUT2D eigenvalue weighted by Gasteiger charge is 2.26. The van der Waals surface area contributed by atoms with Crippen molar-refractivity contribution in [3.8, 4) is 0 Å². The molecule has 2 unspecified atom stereocenters. The van der Waals surface area contributed by atoms with Crippen LogP contribution in [0.15, 0.2) is 0 Å². The molecule has 0 bridgehead atoms. The molecule has 0 aromatic rings. The molecule has 2 atom stereocenters. The lowest BCUT2D eigenvalue weighted by molar-refractivity contribution is 0.318. The standard InChI is InChI=1S/C8H19BIP/c1-6(2)5-8(3,4)7(10)9-11/h6-7,9H,5,11H2,1-4H3. The first-order chi connectivity index (χ1) is 4.90. The molecular weight excluding hydrogens is 265 g/mol. The van der Waals surface area contributed by atoms with E-state index in [1.807, 2.05) is 0 Å². The minimum Gasteiger partial charge on any atom is -0.174 e. The van der Waals surface area contributed by atoms with Crippen LogP contribution in [0.2, 0.25) is 0 Å². The largest absolute Gasteiger partial charge is 0.174 e. The summed E-state index contributed by atoms with van der Waals surface area (Å²) in [5.41, 5.74) is 0.497. The molecule has 0 spiro atoms. The molecule has 0 saturated carbocycles. The van der Waals surface area contributed by atoms with E-state index < -0.39 is 0 Å². The van der Waals surface area contributed by atoms with Crippen LogP contribution in [0, 0.1) is 11.3 Å². The van der Waals surface area contributed by atoms with Crippen LogP contribution in [0.3, 0.4) is 0 Å². The number of hydrogen-bond acceptors (Lipinski definition) is 0. The highest BCUT2D eigenvalue weighted by atomic mass is 127. The number of hydrogen-bond donors (Lipinski definition) is 0. The van der Waals surface area contributed by atoms with Gasteiger partial charge in [0.25, 0.3) is 0 Å². The van der Waals surface area contributed by atoms with Crippen LogP contribution in [0.25, 0.3) is 0 Å². The Morgan fingerprint density at radius 2 is 1.91 bits per heavy atom. The van der Waals surface area contributed by atoms with Crippen LogP contribution in [0.1, 0.15) is 34.1 Å². The van der Waals surface area contributed by atoms with Gasteiger partial charge in [-0.1, -0.05) is 50.3 Å². The Labute approximate surface area is 87.8 Å². The lowest BCUT2D eigenvalue weighted by Gasteiger charge is -2.31. The number of alkyl halides is 1. The number of halogens is 1. The molecule has 0 nitrogen and oxygen atoms in total. The van der Waals surface area contributed by atoms with Gasteiger partial charge in [0.1, 0.15) is 0 Å². The van der Waals surface area contributed by atoms with Gasteiger partial charge < -0.3 is 0 Å². The summed E-state index contributed by atoms with van der Waals surface area (Å²) in [6.45, 7) is 10.5. The maximum absolute atomic E-state index is 2.84. The average molecular weight is 284 g/mol. The van der Waals surface area contributed by atoms with Crippen LogP contribution < -0.4 is 0 Å². The van der Waals surface area contributed by atoms with Crippen molar-refractivity contribution in [2.75, 3.05) is 0 Å². The minimum atomic E-state index is 0.497. The monoisotopic (exact) mass is 284 g/mol. The third-order valence-corrected chi connectivity index (χ3v) is 5.61. The third kappa shape index (κ3) is 4.72. The SMILES string of the molecule is CC(C)CC(C)(C)C(I)BP. The first-order valence-electron chi connectivity index (χ1n) is 4.24. The van der Waals surface area contributed by atoms with Gasteiger partial charge in [0.05, 0.1) is 0 Å². The molecule has 66 valence electrons. The Bertz CT molecular complexity index is 115. The first kappa shape index (κ1) is 12.2. The molecule has 3 heteroatoms. The zero-order valence-electron chi connectivity index (χ0n) is 8.02. The van der Waals surface area contributed by atoms with Gasteiger partial charge in [-0.2, -0.15) is 9.12 Å². The van der Waals surface area contributed by atoms with E-state index in [4.69, 9.17) is 0 Å². The summed E-state index contributed by atoms with van der Waals surface area (Å²) in [6.07, 6.45) is 1.33. The smallest absolute Gasteiger partial charge is 0.160 e. The van der Waals surface area contributed by atoms with Gasteiger partial charge in [0, 0.05) is 0 Å². The predicted octanol–water partition coefficient (Wildman–Crippen LogP) is 3.05. The predicted molar refractivity (Wildman–Crippen MR) is 67.9 cm³/mol. The van der Waals surface area contributed by atoms with E-state index in [9.17, 15) is 0 Å². The fraction of sp³-hybridized carbons (Fsp3) is 1.00. The molecule has 0 aliphatic carbocycles. The highest BCUT2D eigenvalue weighted by Crippen LogP contribution is 2.34. The summed E-state index contributed by atoms with van der Waals surface area (Å²) in [4.78, 5) is 0. The summed E-state index contributed by atoms with van der Waals surface area (Å²) >= 11 is 2.56. The molecule has 0 rings (SSSR count). The molecule has 0 fully saturated rings. The number of rotatable bonds is 4. The Morgan fingerprint density at radius 3 is 2.18 bits per heavy atom. The summed E-state index contributed by atoms with van der Waals surface area (Å²) < 4.78 is 0.785. The Balaban J connectivity index is 3.98. The van der Waals surface area contributed by atoms with Crippen molar-refractivity contribution in [1.29, 1.82) is 0 Å². The third-order valence-electron chi connectivity index (χ3n) is 1.99. The van der Waals surface area contributed by atoms with Crippen LogP contribution >= 0.6 is 31.7 Å². The van der Waals surface area contributed by atoms with Gasteiger partial charge in [0.2, 0.25) is 0 Å². The van der Waals surface area contributed by atoms with Crippen molar-refractivity contribution in [3.63, 3.8) is 0 Å². The maximum atomic E-state index is 2.84. The molecular formula is C8H19BIP. The summed E-state index contributed by atoms with van der Waals surface area (Å²) in [5, 5.41) is 0. The van der Waals surface area contributed by atoms with E-state index >= 15 is 0 Å². The molecule has 0 aromatic heterocycles. The second kappa shape index (κ2) is 5.06. The van der Waals surface area contributed by atoms with E-state index in [0.29, 0.717) is 5.41 Å². The Kier molecular flexibility index (Phi) is 5.63. The van der Waals surface area contributed by atoms with Crippen LogP contribution in [-0.2, 0) is 0 Å². The molecule has 11 heavy (non-hydrogen) atoms. The lowest BCUT2D eigenvalue weighted by atomic mass is 9.73. The normalized spacial score (nSPS) is 15.2. The van der Waals surface area contributed by atoms with Crippen LogP contribution in [0.5, 0.6) is 0 Å². The maximum Gasteiger partial charge on any atom is 0.160 e. The van der Waals surface area contributed by atoms with Gasteiger partial charge >= 0.3 is 0 Å². The van der Waals surface area contributed by atoms with Crippen molar-refractivity contribution >= 4 is 38.7 Å². The van der Waals surface area contributed by atoms with Crippen molar-refractivity contribution < 1.29 is 0 Å². The van der Waals surface area contributed by atoms with Crippen molar-refractivity contribution in [2.24, 2.45) is 11.3 Å². The minimum absolute atomic E-state index is 0.497. The topological polar surface area (TPSA) is 0 Å². The average Bonchev–Trinajstić information content (AvgIpc) is 1.83. The Hall–Kier alpha value is 1.22. The van der Waals surface area contributed by atoms with Crippen molar-refractivity contribution in [1.82, 2.24) is 0 Å². The molecule has 0 amide bonds. The summed E-state index contributed by atoms with van der Waals surface area (Å²) in [5.74, 6) is 0.818. The summed E-state index contributed by atoms with van der Waals surface area (Å²) in [6, 6.07) is 0. The molecule has 0 saturated heterocycles. The molecule has 0 heterocycles. The fourth-order valence-corrected chi connectivity index (χ4v) is 2.39.